The van der Waals surface area contributed by atoms with Crippen molar-refractivity contribution in [1.29, 1.82) is 0 Å². The van der Waals surface area contributed by atoms with Crippen LogP contribution in [0.1, 0.15) is 25.7 Å². The van der Waals surface area contributed by atoms with Crippen LogP contribution in [0.3, 0.4) is 0 Å². The molecule has 2 rings (SSSR count). The van der Waals surface area contributed by atoms with Crippen LogP contribution in [0.5, 0.6) is 0 Å². The molecule has 19 heavy (non-hydrogen) atoms. The molecule has 1 aliphatic carbocycles. The van der Waals surface area contributed by atoms with Crippen LogP contribution in [0.2, 0.25) is 0 Å². The van der Waals surface area contributed by atoms with E-state index in [4.69, 9.17) is 10.7 Å². The zero-order valence-corrected chi connectivity index (χ0v) is 13.2. The van der Waals surface area contributed by atoms with Crippen molar-refractivity contribution < 1.29 is 13.2 Å². The van der Waals surface area contributed by atoms with Gasteiger partial charge in [-0.15, -0.1) is 0 Å². The van der Waals surface area contributed by atoms with Gasteiger partial charge in [-0.2, -0.15) is 0 Å². The number of carbonyl (C=O) groups is 1. The molecule has 1 saturated carbocycles. The second kappa shape index (κ2) is 5.81. The number of anilines is 1. The largest absolute Gasteiger partial charge is 0.326 e. The Kier molecular flexibility index (Phi) is 4.53. The maximum Gasteiger partial charge on any atom is 0.262 e. The predicted molar refractivity (Wildman–Crippen MR) is 77.8 cm³/mol. The van der Waals surface area contributed by atoms with E-state index in [2.05, 4.69) is 21.2 Å². The molecule has 1 aliphatic rings. The van der Waals surface area contributed by atoms with Crippen molar-refractivity contribution in [3.8, 4) is 0 Å². The molecule has 1 amide bonds. The summed E-state index contributed by atoms with van der Waals surface area (Å²) in [4.78, 5) is 11.9. The van der Waals surface area contributed by atoms with Crippen LogP contribution in [0.4, 0.5) is 5.69 Å². The third-order valence-corrected chi connectivity index (χ3v) is 5.49. The van der Waals surface area contributed by atoms with E-state index in [1.165, 1.54) is 12.1 Å². The first-order chi connectivity index (χ1) is 8.88. The first kappa shape index (κ1) is 14.8. The van der Waals surface area contributed by atoms with Gasteiger partial charge in [0, 0.05) is 26.8 Å². The highest BCUT2D eigenvalue weighted by atomic mass is 79.9. The second-order valence-electron chi connectivity index (χ2n) is 4.55. The maximum atomic E-state index is 11.9. The molecule has 4 nitrogen and oxygen atoms in total. The van der Waals surface area contributed by atoms with Crippen LogP contribution >= 0.6 is 26.6 Å². The zero-order valence-electron chi connectivity index (χ0n) is 10.0. The number of rotatable bonds is 3. The van der Waals surface area contributed by atoms with Crippen LogP contribution in [0.15, 0.2) is 27.6 Å². The van der Waals surface area contributed by atoms with Crippen molar-refractivity contribution in [1.82, 2.24) is 0 Å². The maximum absolute atomic E-state index is 11.9. The summed E-state index contributed by atoms with van der Waals surface area (Å²) in [5.41, 5.74) is 0.563. The first-order valence-corrected chi connectivity index (χ1v) is 9.03. The number of halogens is 2. The smallest absolute Gasteiger partial charge is 0.262 e. The normalized spacial score (nSPS) is 16.5. The predicted octanol–water partition coefficient (Wildman–Crippen LogP) is 3.51. The molecule has 1 aromatic carbocycles. The summed E-state index contributed by atoms with van der Waals surface area (Å²) in [6, 6.07) is 4.45. The molecule has 7 heteroatoms. The summed E-state index contributed by atoms with van der Waals surface area (Å²) in [5, 5.41) is 2.80. The van der Waals surface area contributed by atoms with Gasteiger partial charge in [0.15, 0.2) is 0 Å². The molecule has 0 radical (unpaired) electrons. The van der Waals surface area contributed by atoms with Crippen molar-refractivity contribution in [2.75, 3.05) is 5.32 Å². The van der Waals surface area contributed by atoms with Crippen LogP contribution in [-0.4, -0.2) is 14.3 Å². The number of benzene rings is 1. The number of amides is 1. The van der Waals surface area contributed by atoms with Gasteiger partial charge in [-0.25, -0.2) is 8.42 Å². The van der Waals surface area contributed by atoms with Gasteiger partial charge in [0.05, 0.1) is 4.90 Å². The van der Waals surface area contributed by atoms with Gasteiger partial charge in [0.25, 0.3) is 9.05 Å². The fourth-order valence-electron chi connectivity index (χ4n) is 2.21. The van der Waals surface area contributed by atoms with E-state index in [0.29, 0.717) is 10.2 Å². The summed E-state index contributed by atoms with van der Waals surface area (Å²) in [7, 11) is 1.50. The standard InChI is InChI=1S/C12H13BrClNO3S/c13-10-7-9(5-6-11(10)19(14,17)18)15-12(16)8-3-1-2-4-8/h5-8H,1-4H2,(H,15,16). The minimum absolute atomic E-state index is 0.00645. The number of hydrogen-bond acceptors (Lipinski definition) is 3. The Morgan fingerprint density at radius 2 is 1.95 bits per heavy atom. The second-order valence-corrected chi connectivity index (χ2v) is 7.94. The molecule has 0 aliphatic heterocycles. The minimum atomic E-state index is -3.78. The van der Waals surface area contributed by atoms with E-state index < -0.39 is 9.05 Å². The highest BCUT2D eigenvalue weighted by Gasteiger charge is 2.23. The van der Waals surface area contributed by atoms with Crippen LogP contribution in [0.25, 0.3) is 0 Å². The van der Waals surface area contributed by atoms with Gasteiger partial charge in [-0.1, -0.05) is 12.8 Å². The number of carbonyl (C=O) groups excluding carboxylic acids is 1. The Bertz CT molecular complexity index is 597. The lowest BCUT2D eigenvalue weighted by atomic mass is 10.1. The molecule has 0 bridgehead atoms. The summed E-state index contributed by atoms with van der Waals surface area (Å²) < 4.78 is 22.8. The zero-order chi connectivity index (χ0) is 14.0. The van der Waals surface area contributed by atoms with E-state index in [1.807, 2.05) is 0 Å². The Morgan fingerprint density at radius 3 is 2.47 bits per heavy atom. The van der Waals surface area contributed by atoms with E-state index in [-0.39, 0.29) is 16.7 Å². The average Bonchev–Trinajstić information content (AvgIpc) is 2.80. The summed E-state index contributed by atoms with van der Waals surface area (Å²) in [6.07, 6.45) is 4.01. The Hall–Kier alpha value is -0.590. The van der Waals surface area contributed by atoms with Crippen molar-refractivity contribution in [3.63, 3.8) is 0 Å². The third-order valence-electron chi connectivity index (χ3n) is 3.19. The Labute approximate surface area is 125 Å². The fourth-order valence-corrected chi connectivity index (χ4v) is 4.43. The average molecular weight is 367 g/mol. The molecule has 0 unspecified atom stereocenters. The van der Waals surface area contributed by atoms with Crippen molar-refractivity contribution in [3.05, 3.63) is 22.7 Å². The van der Waals surface area contributed by atoms with Crippen LogP contribution in [0, 0.1) is 5.92 Å². The summed E-state index contributed by atoms with van der Waals surface area (Å²) in [5.74, 6) is 0.0566. The van der Waals surface area contributed by atoms with Crippen LogP contribution < -0.4 is 5.32 Å². The van der Waals surface area contributed by atoms with Gasteiger partial charge in [0.2, 0.25) is 5.91 Å². The molecule has 1 fully saturated rings. The first-order valence-electron chi connectivity index (χ1n) is 5.93. The molecule has 0 atom stereocenters. The SMILES string of the molecule is O=C(Nc1ccc(S(=O)(=O)Cl)c(Br)c1)C1CCCC1. The quantitative estimate of drug-likeness (QED) is 0.833. The summed E-state index contributed by atoms with van der Waals surface area (Å²) in [6.45, 7) is 0. The molecule has 0 spiro atoms. The van der Waals surface area contributed by atoms with E-state index in [1.54, 1.807) is 6.07 Å². The Balaban J connectivity index is 2.14. The highest BCUT2D eigenvalue weighted by Crippen LogP contribution is 2.29. The van der Waals surface area contributed by atoms with Crippen LogP contribution in [-0.2, 0) is 13.8 Å². The topological polar surface area (TPSA) is 63.2 Å². The lowest BCUT2D eigenvalue weighted by molar-refractivity contribution is -0.119. The molecule has 0 aromatic heterocycles. The van der Waals surface area contributed by atoms with E-state index in [9.17, 15) is 13.2 Å². The van der Waals surface area contributed by atoms with Crippen molar-refractivity contribution in [2.45, 2.75) is 30.6 Å². The van der Waals surface area contributed by atoms with Gasteiger partial charge in [-0.05, 0) is 47.0 Å². The minimum Gasteiger partial charge on any atom is -0.326 e. The lowest BCUT2D eigenvalue weighted by Crippen LogP contribution is -2.20. The molecule has 104 valence electrons. The number of nitrogens with one attached hydrogen (secondary N) is 1. The van der Waals surface area contributed by atoms with Gasteiger partial charge in [-0.3, -0.25) is 4.79 Å². The molecular weight excluding hydrogens is 354 g/mol. The molecule has 0 heterocycles. The van der Waals surface area contributed by atoms with E-state index in [0.717, 1.165) is 25.7 Å². The molecule has 0 saturated heterocycles. The van der Waals surface area contributed by atoms with Crippen molar-refractivity contribution in [2.24, 2.45) is 5.92 Å². The molecule has 1 aromatic rings. The molecular formula is C12H13BrClNO3S. The van der Waals surface area contributed by atoms with Crippen molar-refractivity contribution >= 4 is 47.3 Å². The number of hydrogen-bond donors (Lipinski definition) is 1. The van der Waals surface area contributed by atoms with Gasteiger partial charge < -0.3 is 5.32 Å². The molecule has 1 N–H and O–H groups in total. The third kappa shape index (κ3) is 3.70. The Morgan fingerprint density at radius 1 is 1.32 bits per heavy atom. The summed E-state index contributed by atoms with van der Waals surface area (Å²) >= 11 is 3.14. The highest BCUT2D eigenvalue weighted by molar-refractivity contribution is 9.10. The monoisotopic (exact) mass is 365 g/mol. The fraction of sp³-hybridized carbons (Fsp3) is 0.417. The lowest BCUT2D eigenvalue weighted by Gasteiger charge is -2.11. The van der Waals surface area contributed by atoms with E-state index >= 15 is 0 Å². The van der Waals surface area contributed by atoms with Gasteiger partial charge >= 0.3 is 0 Å². The van der Waals surface area contributed by atoms with Gasteiger partial charge in [0.1, 0.15) is 0 Å².